The van der Waals surface area contributed by atoms with Gasteiger partial charge in [-0.1, -0.05) is 48.5 Å². The lowest BCUT2D eigenvalue weighted by Crippen LogP contribution is -2.55. The highest BCUT2D eigenvalue weighted by atomic mass is 16.5. The first-order chi connectivity index (χ1) is 18.3. The maximum atomic E-state index is 13.4. The van der Waals surface area contributed by atoms with Gasteiger partial charge in [0.05, 0.1) is 38.4 Å². The molecular formula is C28H27N3O7. The zero-order valence-electron chi connectivity index (χ0n) is 21.5. The number of esters is 3. The second-order valence-electron chi connectivity index (χ2n) is 9.32. The first-order valence-electron chi connectivity index (χ1n) is 12.1. The fraction of sp³-hybridized carbons (Fsp3) is 0.321. The Hall–Kier alpha value is -4.47. The first kappa shape index (κ1) is 25.2. The number of amidine groups is 1. The molecule has 0 N–H and O–H groups in total. The van der Waals surface area contributed by atoms with Crippen LogP contribution in [-0.4, -0.2) is 68.0 Å². The Balaban J connectivity index is 1.85. The molecule has 1 amide bonds. The number of carbonyl (C=O) groups excluding carboxylic acids is 4. The van der Waals surface area contributed by atoms with E-state index in [1.807, 2.05) is 59.5 Å². The summed E-state index contributed by atoms with van der Waals surface area (Å²) in [7, 11) is 3.67. The summed E-state index contributed by atoms with van der Waals surface area (Å²) in [5.74, 6) is -2.48. The maximum Gasteiger partial charge on any atom is 0.357 e. The number of para-hydroxylation sites is 1. The van der Waals surface area contributed by atoms with Crippen molar-refractivity contribution >= 4 is 35.3 Å². The van der Waals surface area contributed by atoms with Gasteiger partial charge < -0.3 is 19.1 Å². The van der Waals surface area contributed by atoms with Gasteiger partial charge in [0, 0.05) is 19.2 Å². The quantitative estimate of drug-likeness (QED) is 0.438. The molecule has 0 radical (unpaired) electrons. The second-order valence-corrected chi connectivity index (χ2v) is 9.32. The molecule has 1 saturated heterocycles. The van der Waals surface area contributed by atoms with E-state index < -0.39 is 41.3 Å². The van der Waals surface area contributed by atoms with E-state index in [1.165, 1.54) is 33.2 Å². The standard InChI is InChI=1S/C28H27N3O7/c1-16(32)31-20(24(33)36-2)14-28-18-12-8-9-13-19(18)30(15-17-10-6-5-7-11-17)23(28)21(25(34)37-3)22(26(35)38-4)29-27(28)31/h5-13,20,23H,14-15H2,1-4H3/t20?,23-,28?/m0/s1. The summed E-state index contributed by atoms with van der Waals surface area (Å²) in [6, 6.07) is 15.4. The van der Waals surface area contributed by atoms with Crippen molar-refractivity contribution in [1.29, 1.82) is 0 Å². The van der Waals surface area contributed by atoms with Crippen molar-refractivity contribution in [2.75, 3.05) is 26.2 Å². The van der Waals surface area contributed by atoms with Crippen LogP contribution in [0.5, 0.6) is 0 Å². The molecule has 5 rings (SSSR count). The van der Waals surface area contributed by atoms with Gasteiger partial charge in [0.25, 0.3) is 0 Å². The van der Waals surface area contributed by atoms with Gasteiger partial charge in [-0.2, -0.15) is 0 Å². The molecule has 2 unspecified atom stereocenters. The number of rotatable bonds is 5. The van der Waals surface area contributed by atoms with Crippen molar-refractivity contribution in [2.45, 2.75) is 37.4 Å². The topological polar surface area (TPSA) is 115 Å². The summed E-state index contributed by atoms with van der Waals surface area (Å²) in [5, 5.41) is 0. The molecule has 196 valence electrons. The second kappa shape index (κ2) is 9.44. The molecule has 2 aromatic rings. The fourth-order valence-corrected chi connectivity index (χ4v) is 6.04. The Morgan fingerprint density at radius 3 is 2.21 bits per heavy atom. The van der Waals surface area contributed by atoms with Crippen molar-refractivity contribution in [2.24, 2.45) is 4.99 Å². The molecule has 1 spiro atoms. The van der Waals surface area contributed by atoms with E-state index in [-0.39, 0.29) is 23.5 Å². The van der Waals surface area contributed by atoms with Crippen LogP contribution in [0.4, 0.5) is 5.69 Å². The van der Waals surface area contributed by atoms with Crippen LogP contribution in [0.2, 0.25) is 0 Å². The van der Waals surface area contributed by atoms with E-state index >= 15 is 0 Å². The van der Waals surface area contributed by atoms with Crippen LogP contribution < -0.4 is 4.90 Å². The normalized spacial score (nSPS) is 23.2. The predicted octanol–water partition coefficient (Wildman–Crippen LogP) is 2.12. The number of likely N-dealkylation sites (tertiary alicyclic amines) is 1. The van der Waals surface area contributed by atoms with Crippen LogP contribution in [0, 0.1) is 0 Å². The number of benzene rings is 2. The highest BCUT2D eigenvalue weighted by molar-refractivity contribution is 6.17. The number of aliphatic imine (C=N–C) groups is 1. The van der Waals surface area contributed by atoms with Crippen molar-refractivity contribution in [1.82, 2.24) is 4.90 Å². The Labute approximate surface area is 219 Å². The molecule has 38 heavy (non-hydrogen) atoms. The number of methoxy groups -OCH3 is 3. The minimum atomic E-state index is -1.13. The summed E-state index contributed by atoms with van der Waals surface area (Å²) < 4.78 is 15.2. The number of fused-ring (bicyclic) bond motifs is 1. The molecule has 0 saturated carbocycles. The molecule has 0 bridgehead atoms. The van der Waals surface area contributed by atoms with E-state index in [9.17, 15) is 19.2 Å². The van der Waals surface area contributed by atoms with Crippen LogP contribution in [0.15, 0.2) is 70.9 Å². The zero-order valence-corrected chi connectivity index (χ0v) is 21.5. The van der Waals surface area contributed by atoms with Crippen molar-refractivity contribution in [3.63, 3.8) is 0 Å². The average molecular weight is 518 g/mol. The Kier molecular flexibility index (Phi) is 6.26. The molecule has 0 aliphatic carbocycles. The lowest BCUT2D eigenvalue weighted by molar-refractivity contribution is -0.148. The largest absolute Gasteiger partial charge is 0.467 e. The molecule has 10 nitrogen and oxygen atoms in total. The summed E-state index contributed by atoms with van der Waals surface area (Å²) in [6.45, 7) is 1.70. The molecule has 0 aromatic heterocycles. The lowest BCUT2D eigenvalue weighted by Gasteiger charge is -2.40. The molecule has 3 aliphatic heterocycles. The summed E-state index contributed by atoms with van der Waals surface area (Å²) in [4.78, 5) is 60.4. The number of hydrogen-bond acceptors (Lipinski definition) is 9. The number of anilines is 1. The van der Waals surface area contributed by atoms with Gasteiger partial charge in [-0.25, -0.2) is 19.4 Å². The highest BCUT2D eigenvalue weighted by Crippen LogP contribution is 2.58. The average Bonchev–Trinajstić information content (AvgIpc) is 3.43. The van der Waals surface area contributed by atoms with E-state index in [1.54, 1.807) is 0 Å². The van der Waals surface area contributed by atoms with Gasteiger partial charge >= 0.3 is 17.9 Å². The minimum Gasteiger partial charge on any atom is -0.467 e. The third-order valence-corrected chi connectivity index (χ3v) is 7.47. The van der Waals surface area contributed by atoms with Gasteiger partial charge in [-0.3, -0.25) is 9.69 Å². The van der Waals surface area contributed by atoms with Crippen LogP contribution in [0.3, 0.4) is 0 Å². The number of hydrogen-bond donors (Lipinski definition) is 0. The van der Waals surface area contributed by atoms with E-state index in [0.717, 1.165) is 16.8 Å². The zero-order chi connectivity index (χ0) is 27.2. The molecular weight excluding hydrogens is 490 g/mol. The van der Waals surface area contributed by atoms with Crippen molar-refractivity contribution in [3.8, 4) is 0 Å². The summed E-state index contributed by atoms with van der Waals surface area (Å²) in [6.07, 6.45) is 0.0972. The Bertz CT molecular complexity index is 1400. The highest BCUT2D eigenvalue weighted by Gasteiger charge is 2.67. The van der Waals surface area contributed by atoms with Gasteiger partial charge in [0.1, 0.15) is 11.9 Å². The number of ether oxygens (including phenoxy) is 3. The summed E-state index contributed by atoms with van der Waals surface area (Å²) >= 11 is 0. The molecule has 3 heterocycles. The van der Waals surface area contributed by atoms with E-state index in [4.69, 9.17) is 14.2 Å². The van der Waals surface area contributed by atoms with Crippen LogP contribution in [0.1, 0.15) is 24.5 Å². The monoisotopic (exact) mass is 517 g/mol. The summed E-state index contributed by atoms with van der Waals surface area (Å²) in [5.41, 5.74) is 1.13. The van der Waals surface area contributed by atoms with Crippen LogP contribution >= 0.6 is 0 Å². The smallest absolute Gasteiger partial charge is 0.357 e. The van der Waals surface area contributed by atoms with Crippen LogP contribution in [0.25, 0.3) is 0 Å². The maximum absolute atomic E-state index is 13.4. The number of amides is 1. The predicted molar refractivity (Wildman–Crippen MR) is 136 cm³/mol. The fourth-order valence-electron chi connectivity index (χ4n) is 6.04. The Morgan fingerprint density at radius 2 is 1.58 bits per heavy atom. The van der Waals surface area contributed by atoms with Gasteiger partial charge in [-0.05, 0) is 23.6 Å². The lowest BCUT2D eigenvalue weighted by atomic mass is 9.69. The van der Waals surface area contributed by atoms with Crippen molar-refractivity contribution < 1.29 is 33.4 Å². The van der Waals surface area contributed by atoms with Crippen molar-refractivity contribution in [3.05, 3.63) is 77.0 Å². The molecule has 3 atom stereocenters. The van der Waals surface area contributed by atoms with E-state index in [2.05, 4.69) is 4.99 Å². The van der Waals surface area contributed by atoms with Gasteiger partial charge in [0.15, 0.2) is 5.70 Å². The number of carbonyl (C=O) groups is 4. The molecule has 2 aromatic carbocycles. The van der Waals surface area contributed by atoms with Crippen LogP contribution in [-0.2, 0) is 45.3 Å². The number of nitrogens with zero attached hydrogens (tertiary/aromatic N) is 3. The third-order valence-electron chi connectivity index (χ3n) is 7.47. The Morgan fingerprint density at radius 1 is 0.921 bits per heavy atom. The van der Waals surface area contributed by atoms with E-state index in [0.29, 0.717) is 6.54 Å². The SMILES string of the molecule is COC(=O)C1=C(C(=O)OC)[C@@H]2N(Cc3ccccc3)c3ccccc3C23CC(C(=O)OC)N(C(C)=O)C3=N1. The molecule has 3 aliphatic rings. The molecule has 10 heteroatoms. The van der Waals surface area contributed by atoms with Gasteiger partial charge in [-0.15, -0.1) is 0 Å². The van der Waals surface area contributed by atoms with Gasteiger partial charge in [0.2, 0.25) is 5.91 Å². The molecule has 1 fully saturated rings. The minimum absolute atomic E-state index is 0.00393. The third kappa shape index (κ3) is 3.51. The first-order valence-corrected chi connectivity index (χ1v) is 12.1.